The number of rotatable bonds is 6. The number of benzene rings is 4. The van der Waals surface area contributed by atoms with Crippen LogP contribution in [0.15, 0.2) is 103 Å². The highest BCUT2D eigenvalue weighted by molar-refractivity contribution is 6.32. The molecule has 0 unspecified atom stereocenters. The molecule has 2 saturated heterocycles. The van der Waals surface area contributed by atoms with E-state index in [1.54, 1.807) is 67.6 Å². The van der Waals surface area contributed by atoms with Gasteiger partial charge in [0.1, 0.15) is 0 Å². The number of carbonyl (C=O) groups excluding carboxylic acids is 4. The second-order valence-corrected chi connectivity index (χ2v) is 15.0. The van der Waals surface area contributed by atoms with Crippen molar-refractivity contribution in [2.75, 3.05) is 16.4 Å². The molecule has 294 valence electrons. The van der Waals surface area contributed by atoms with Crippen LogP contribution < -0.4 is 14.5 Å². The fourth-order valence-corrected chi connectivity index (χ4v) is 9.61. The van der Waals surface area contributed by atoms with Gasteiger partial charge in [0.05, 0.1) is 52.3 Å². The number of carbonyl (C=O) groups is 4. The van der Waals surface area contributed by atoms with E-state index in [-0.39, 0.29) is 47.7 Å². The number of fused-ring (bicyclic) bond motifs is 4. The summed E-state index contributed by atoms with van der Waals surface area (Å²) in [4.78, 5) is 60.3. The third-order valence-corrected chi connectivity index (χ3v) is 11.8. The first-order valence-corrected chi connectivity index (χ1v) is 18.4. The zero-order valence-corrected chi connectivity index (χ0v) is 30.5. The maximum absolute atomic E-state index is 15.4. The number of allylic oxidation sites excluding steroid dienone is 2. The maximum Gasteiger partial charge on any atom is 0.416 e. The van der Waals surface area contributed by atoms with Crippen molar-refractivity contribution in [2.24, 2.45) is 23.7 Å². The van der Waals surface area contributed by atoms with E-state index in [9.17, 15) is 45.8 Å². The third-order valence-electron chi connectivity index (χ3n) is 11.6. The van der Waals surface area contributed by atoms with Gasteiger partial charge in [0.15, 0.2) is 11.5 Å². The molecular weight excluding hydrogens is 778 g/mol. The summed E-state index contributed by atoms with van der Waals surface area (Å²) in [6.07, 6.45) is -9.12. The molecule has 8 rings (SSSR count). The summed E-state index contributed by atoms with van der Waals surface area (Å²) in [6, 6.07) is 19.8. The summed E-state index contributed by atoms with van der Waals surface area (Å²) in [5.74, 6) is -9.15. The topological polar surface area (TPSA) is 104 Å². The summed E-state index contributed by atoms with van der Waals surface area (Å²) >= 11 is 6.34. The first-order valence-electron chi connectivity index (χ1n) is 18.0. The number of phenols is 1. The normalized spacial score (nSPS) is 26.0. The standard InChI is InChI=1S/C42H31ClF6N2O6/c1-2-57-33-15-21(11-14-32(33)52)35-28-12-13-29-34(38(55)50(36(29)53)27-17-23(41(44,45)46)16-24(18-27)42(47,48)49)30(28)20-31-37(54)51(26-10-6-9-25(43)19-26)39(56)40(31,35)22-7-4-3-5-8-22/h3-12,14-19,29-31,34-35,52H,2,13,20H2,1H3/t29-,30+,31-,34-,35-,40+/m0/s1. The number of phenolic OH excluding ortho intramolecular Hbond substituents is 1. The average molecular weight is 809 g/mol. The third kappa shape index (κ3) is 5.90. The smallest absolute Gasteiger partial charge is 0.416 e. The number of halogens is 7. The number of hydrogen-bond acceptors (Lipinski definition) is 6. The second-order valence-electron chi connectivity index (χ2n) is 14.5. The molecule has 0 bridgehead atoms. The highest BCUT2D eigenvalue weighted by atomic mass is 35.5. The van der Waals surface area contributed by atoms with Crippen LogP contribution in [0.1, 0.15) is 47.9 Å². The van der Waals surface area contributed by atoms with Gasteiger partial charge in [-0.05, 0) is 85.3 Å². The Hall–Kier alpha value is -5.63. The van der Waals surface area contributed by atoms with E-state index in [0.29, 0.717) is 33.7 Å². The zero-order valence-electron chi connectivity index (χ0n) is 29.8. The van der Waals surface area contributed by atoms with Crippen molar-refractivity contribution < 1.29 is 55.4 Å². The Morgan fingerprint density at radius 1 is 0.772 bits per heavy atom. The number of nitrogens with zero attached hydrogens (tertiary/aromatic N) is 2. The lowest BCUT2D eigenvalue weighted by atomic mass is 9.49. The van der Waals surface area contributed by atoms with Gasteiger partial charge < -0.3 is 9.84 Å². The molecule has 1 saturated carbocycles. The SMILES string of the molecule is CCOc1cc([C@H]2C3=CC[C@@H]4C(=O)N(c5cc(C(F)(F)F)cc(C(F)(F)F)c5)C(=O)[C@@H]4[C@@H]3C[C@H]3C(=O)N(c4cccc(Cl)c4)C(=O)[C@@]23c2ccccc2)ccc1O. The summed E-state index contributed by atoms with van der Waals surface area (Å²) in [5, 5.41) is 11.0. The van der Waals surface area contributed by atoms with Gasteiger partial charge in [-0.25, -0.2) is 9.80 Å². The summed E-state index contributed by atoms with van der Waals surface area (Å²) < 4.78 is 89.3. The van der Waals surface area contributed by atoms with Gasteiger partial charge in [-0.3, -0.25) is 19.2 Å². The van der Waals surface area contributed by atoms with Crippen LogP contribution in [0.4, 0.5) is 37.7 Å². The number of ether oxygens (including phenoxy) is 1. The van der Waals surface area contributed by atoms with E-state index >= 15 is 4.79 Å². The lowest BCUT2D eigenvalue weighted by Crippen LogP contribution is -2.53. The quantitative estimate of drug-likeness (QED) is 0.119. The van der Waals surface area contributed by atoms with Crippen molar-refractivity contribution in [1.29, 1.82) is 0 Å². The Bertz CT molecular complexity index is 2350. The number of imide groups is 2. The molecule has 8 nitrogen and oxygen atoms in total. The molecular formula is C42H31ClF6N2O6. The van der Waals surface area contributed by atoms with Crippen LogP contribution in [0.2, 0.25) is 5.02 Å². The number of amides is 4. The Kier molecular flexibility index (Phi) is 9.06. The molecule has 0 spiro atoms. The van der Waals surface area contributed by atoms with Crippen molar-refractivity contribution in [3.8, 4) is 11.5 Å². The highest BCUT2D eigenvalue weighted by Gasteiger charge is 2.70. The molecule has 2 heterocycles. The molecule has 0 aromatic heterocycles. The lowest BCUT2D eigenvalue weighted by molar-refractivity contribution is -0.143. The summed E-state index contributed by atoms with van der Waals surface area (Å²) in [5.41, 5.74) is -4.44. The molecule has 4 aliphatic rings. The summed E-state index contributed by atoms with van der Waals surface area (Å²) in [7, 11) is 0. The van der Waals surface area contributed by atoms with Crippen molar-refractivity contribution >= 4 is 46.6 Å². The molecule has 4 aromatic carbocycles. The Morgan fingerprint density at radius 2 is 1.46 bits per heavy atom. The molecule has 4 amide bonds. The molecule has 4 aromatic rings. The van der Waals surface area contributed by atoms with Crippen molar-refractivity contribution in [3.63, 3.8) is 0 Å². The Balaban J connectivity index is 1.33. The Morgan fingerprint density at radius 3 is 2.09 bits per heavy atom. The number of hydrogen-bond donors (Lipinski definition) is 1. The van der Waals surface area contributed by atoms with Gasteiger partial charge in [0, 0.05) is 10.9 Å². The average Bonchev–Trinajstić information content (AvgIpc) is 3.56. The van der Waals surface area contributed by atoms with Crippen molar-refractivity contribution in [2.45, 2.75) is 43.5 Å². The van der Waals surface area contributed by atoms with Crippen LogP contribution in [0.5, 0.6) is 11.5 Å². The zero-order chi connectivity index (χ0) is 40.8. The van der Waals surface area contributed by atoms with Gasteiger partial charge in [-0.2, -0.15) is 26.3 Å². The highest BCUT2D eigenvalue weighted by Crippen LogP contribution is 2.65. The maximum atomic E-state index is 15.4. The van der Waals surface area contributed by atoms with E-state index in [1.807, 2.05) is 0 Å². The van der Waals surface area contributed by atoms with Crippen molar-refractivity contribution in [1.82, 2.24) is 0 Å². The predicted octanol–water partition coefficient (Wildman–Crippen LogP) is 8.85. The lowest BCUT2D eigenvalue weighted by Gasteiger charge is -2.50. The first-order chi connectivity index (χ1) is 27.0. The molecule has 2 aliphatic heterocycles. The molecule has 15 heteroatoms. The molecule has 3 fully saturated rings. The van der Waals surface area contributed by atoms with Crippen LogP contribution >= 0.6 is 11.6 Å². The first kappa shape index (κ1) is 38.3. The van der Waals surface area contributed by atoms with Gasteiger partial charge in [-0.15, -0.1) is 0 Å². The van der Waals surface area contributed by atoms with E-state index in [4.69, 9.17) is 16.3 Å². The molecule has 2 aliphatic carbocycles. The van der Waals surface area contributed by atoms with Crippen LogP contribution in [0.25, 0.3) is 0 Å². The monoisotopic (exact) mass is 808 g/mol. The fourth-order valence-electron chi connectivity index (χ4n) is 9.42. The van der Waals surface area contributed by atoms with Crippen LogP contribution in [-0.4, -0.2) is 35.3 Å². The minimum atomic E-state index is -5.24. The van der Waals surface area contributed by atoms with E-state index in [2.05, 4.69) is 0 Å². The summed E-state index contributed by atoms with van der Waals surface area (Å²) in [6.45, 7) is 1.85. The molecule has 6 atom stereocenters. The van der Waals surface area contributed by atoms with E-state index in [1.165, 1.54) is 18.2 Å². The minimum Gasteiger partial charge on any atom is -0.504 e. The minimum absolute atomic E-state index is 0.0675. The van der Waals surface area contributed by atoms with Gasteiger partial charge in [0.2, 0.25) is 23.6 Å². The Labute approximate surface area is 326 Å². The fraction of sp³-hybridized carbons (Fsp3) is 0.286. The molecule has 0 radical (unpaired) electrons. The number of anilines is 2. The number of aromatic hydroxyl groups is 1. The number of alkyl halides is 6. The van der Waals surface area contributed by atoms with Crippen LogP contribution in [0.3, 0.4) is 0 Å². The van der Waals surface area contributed by atoms with Crippen LogP contribution in [-0.2, 0) is 36.9 Å². The second kappa shape index (κ2) is 13.5. The van der Waals surface area contributed by atoms with Crippen molar-refractivity contribution in [3.05, 3.63) is 130 Å². The van der Waals surface area contributed by atoms with Gasteiger partial charge in [-0.1, -0.05) is 65.7 Å². The van der Waals surface area contributed by atoms with Gasteiger partial charge >= 0.3 is 12.4 Å². The van der Waals surface area contributed by atoms with Crippen LogP contribution in [0, 0.1) is 23.7 Å². The largest absolute Gasteiger partial charge is 0.504 e. The molecule has 1 N–H and O–H groups in total. The molecule has 57 heavy (non-hydrogen) atoms. The predicted molar refractivity (Wildman–Crippen MR) is 194 cm³/mol. The van der Waals surface area contributed by atoms with E-state index in [0.717, 1.165) is 4.90 Å². The van der Waals surface area contributed by atoms with E-state index < -0.39 is 87.8 Å². The van der Waals surface area contributed by atoms with Gasteiger partial charge in [0.25, 0.3) is 0 Å².